The number of ether oxygens (including phenoxy) is 1. The van der Waals surface area contributed by atoms with Gasteiger partial charge in [-0.3, -0.25) is 4.79 Å². The lowest BCUT2D eigenvalue weighted by Gasteiger charge is -2.11. The summed E-state index contributed by atoms with van der Waals surface area (Å²) >= 11 is 1.74. The van der Waals surface area contributed by atoms with Gasteiger partial charge in [-0.15, -0.1) is 0 Å². The Labute approximate surface area is 129 Å². The van der Waals surface area contributed by atoms with Crippen molar-refractivity contribution in [3.63, 3.8) is 0 Å². The Morgan fingerprint density at radius 1 is 1.19 bits per heavy atom. The predicted octanol–water partition coefficient (Wildman–Crippen LogP) is 4.20. The van der Waals surface area contributed by atoms with E-state index < -0.39 is 0 Å². The fourth-order valence-corrected chi connectivity index (χ4v) is 2.53. The van der Waals surface area contributed by atoms with Crippen LogP contribution in [0.1, 0.15) is 22.8 Å². The lowest BCUT2D eigenvalue weighted by molar-refractivity contribution is 0.102. The number of para-hydroxylation sites is 2. The Hall–Kier alpha value is -1.94. The average molecular weight is 301 g/mol. The Morgan fingerprint density at radius 2 is 2.00 bits per heavy atom. The van der Waals surface area contributed by atoms with Gasteiger partial charge in [-0.1, -0.05) is 24.3 Å². The summed E-state index contributed by atoms with van der Waals surface area (Å²) in [6.45, 7) is 2.49. The number of rotatable bonds is 6. The first-order chi connectivity index (χ1) is 10.2. The lowest BCUT2D eigenvalue weighted by atomic mass is 10.1. The standard InChI is InChI=1S/C17H19NO2S/c1-3-20-16-10-5-4-9-15(16)18-17(19)14-8-6-7-13(11-14)12-21-2/h4-11H,3,12H2,1-2H3,(H,18,19). The molecule has 2 aromatic rings. The summed E-state index contributed by atoms with van der Waals surface area (Å²) in [4.78, 5) is 12.4. The van der Waals surface area contributed by atoms with Crippen molar-refractivity contribution < 1.29 is 9.53 Å². The van der Waals surface area contributed by atoms with Gasteiger partial charge in [-0.2, -0.15) is 11.8 Å². The number of amides is 1. The second kappa shape index (κ2) is 7.74. The van der Waals surface area contributed by atoms with E-state index in [4.69, 9.17) is 4.74 Å². The summed E-state index contributed by atoms with van der Waals surface area (Å²) < 4.78 is 5.52. The monoisotopic (exact) mass is 301 g/mol. The van der Waals surface area contributed by atoms with Crippen LogP contribution in [0.4, 0.5) is 5.69 Å². The molecular formula is C17H19NO2S. The largest absolute Gasteiger partial charge is 0.492 e. The number of benzene rings is 2. The third kappa shape index (κ3) is 4.26. The maximum absolute atomic E-state index is 12.4. The Bertz CT molecular complexity index is 613. The topological polar surface area (TPSA) is 38.3 Å². The summed E-state index contributed by atoms with van der Waals surface area (Å²) in [6.07, 6.45) is 2.05. The third-order valence-corrected chi connectivity index (χ3v) is 3.56. The molecule has 1 N–H and O–H groups in total. The molecule has 0 spiro atoms. The molecule has 4 heteroatoms. The van der Waals surface area contributed by atoms with E-state index in [1.807, 2.05) is 61.7 Å². The Balaban J connectivity index is 2.16. The van der Waals surface area contributed by atoms with Crippen LogP contribution in [0.25, 0.3) is 0 Å². The quantitative estimate of drug-likeness (QED) is 0.869. The molecule has 2 rings (SSSR count). The maximum atomic E-state index is 12.4. The van der Waals surface area contributed by atoms with Crippen LogP contribution in [0.5, 0.6) is 5.75 Å². The first-order valence-electron chi connectivity index (χ1n) is 6.85. The van der Waals surface area contributed by atoms with E-state index in [1.54, 1.807) is 11.8 Å². The highest BCUT2D eigenvalue weighted by Gasteiger charge is 2.10. The first kappa shape index (κ1) is 15.4. The third-order valence-electron chi connectivity index (χ3n) is 2.94. The summed E-state index contributed by atoms with van der Waals surface area (Å²) in [6, 6.07) is 15.1. The molecule has 0 bridgehead atoms. The van der Waals surface area contributed by atoms with Gasteiger partial charge in [-0.05, 0) is 43.0 Å². The zero-order chi connectivity index (χ0) is 15.1. The van der Waals surface area contributed by atoms with Gasteiger partial charge < -0.3 is 10.1 Å². The van der Waals surface area contributed by atoms with Crippen LogP contribution in [0.3, 0.4) is 0 Å². The summed E-state index contributed by atoms with van der Waals surface area (Å²) in [5.41, 5.74) is 2.50. The van der Waals surface area contributed by atoms with Crippen LogP contribution in [-0.2, 0) is 5.75 Å². The zero-order valence-corrected chi connectivity index (χ0v) is 13.1. The van der Waals surface area contributed by atoms with Crippen molar-refractivity contribution in [3.05, 3.63) is 59.7 Å². The Kier molecular flexibility index (Phi) is 5.69. The molecule has 0 radical (unpaired) electrons. The van der Waals surface area contributed by atoms with E-state index >= 15 is 0 Å². The molecule has 0 aromatic heterocycles. The molecule has 0 aliphatic carbocycles. The fourth-order valence-electron chi connectivity index (χ4n) is 2.01. The number of anilines is 1. The van der Waals surface area contributed by atoms with Gasteiger partial charge in [0.1, 0.15) is 5.75 Å². The molecule has 0 fully saturated rings. The van der Waals surface area contributed by atoms with Crippen LogP contribution < -0.4 is 10.1 Å². The highest BCUT2D eigenvalue weighted by atomic mass is 32.2. The van der Waals surface area contributed by atoms with Crippen molar-refractivity contribution in [3.8, 4) is 5.75 Å². The van der Waals surface area contributed by atoms with Crippen molar-refractivity contribution in [2.24, 2.45) is 0 Å². The smallest absolute Gasteiger partial charge is 0.255 e. The minimum atomic E-state index is -0.120. The molecule has 0 unspecified atom stereocenters. The average Bonchev–Trinajstić information content (AvgIpc) is 2.50. The van der Waals surface area contributed by atoms with Crippen molar-refractivity contribution in [1.29, 1.82) is 0 Å². The van der Waals surface area contributed by atoms with Gasteiger partial charge >= 0.3 is 0 Å². The van der Waals surface area contributed by atoms with Crippen molar-refractivity contribution >= 4 is 23.4 Å². The SMILES string of the molecule is CCOc1ccccc1NC(=O)c1cccc(CSC)c1. The van der Waals surface area contributed by atoms with Crippen LogP contribution in [-0.4, -0.2) is 18.8 Å². The normalized spacial score (nSPS) is 10.2. The van der Waals surface area contributed by atoms with E-state index in [-0.39, 0.29) is 5.91 Å². The van der Waals surface area contributed by atoms with E-state index in [0.717, 1.165) is 11.3 Å². The highest BCUT2D eigenvalue weighted by Crippen LogP contribution is 2.24. The Morgan fingerprint density at radius 3 is 2.76 bits per heavy atom. The molecule has 0 aliphatic rings. The zero-order valence-electron chi connectivity index (χ0n) is 12.3. The number of carbonyl (C=O) groups is 1. The van der Waals surface area contributed by atoms with E-state index in [1.165, 1.54) is 0 Å². The van der Waals surface area contributed by atoms with E-state index in [0.29, 0.717) is 23.6 Å². The predicted molar refractivity (Wildman–Crippen MR) is 89.2 cm³/mol. The molecule has 0 heterocycles. The molecular weight excluding hydrogens is 282 g/mol. The summed E-state index contributed by atoms with van der Waals surface area (Å²) in [7, 11) is 0. The second-order valence-electron chi connectivity index (χ2n) is 4.52. The molecule has 0 aliphatic heterocycles. The van der Waals surface area contributed by atoms with Crippen molar-refractivity contribution in [2.75, 3.05) is 18.2 Å². The molecule has 0 saturated heterocycles. The number of thioether (sulfide) groups is 1. The maximum Gasteiger partial charge on any atom is 0.255 e. The van der Waals surface area contributed by atoms with Gasteiger partial charge in [0, 0.05) is 11.3 Å². The number of carbonyl (C=O) groups excluding carboxylic acids is 1. The van der Waals surface area contributed by atoms with Gasteiger partial charge in [0.2, 0.25) is 0 Å². The van der Waals surface area contributed by atoms with Gasteiger partial charge in [0.05, 0.1) is 12.3 Å². The molecule has 21 heavy (non-hydrogen) atoms. The minimum Gasteiger partial charge on any atom is -0.492 e. The van der Waals surface area contributed by atoms with Crippen LogP contribution in [0.2, 0.25) is 0 Å². The minimum absolute atomic E-state index is 0.120. The van der Waals surface area contributed by atoms with Crippen LogP contribution in [0, 0.1) is 0 Å². The number of hydrogen-bond acceptors (Lipinski definition) is 3. The summed E-state index contributed by atoms with van der Waals surface area (Å²) in [5, 5.41) is 2.91. The molecule has 3 nitrogen and oxygen atoms in total. The first-order valence-corrected chi connectivity index (χ1v) is 8.25. The molecule has 0 saturated carbocycles. The summed E-state index contributed by atoms with van der Waals surface area (Å²) in [5.74, 6) is 1.47. The molecule has 110 valence electrons. The van der Waals surface area contributed by atoms with Crippen molar-refractivity contribution in [1.82, 2.24) is 0 Å². The lowest BCUT2D eigenvalue weighted by Crippen LogP contribution is -2.13. The van der Waals surface area contributed by atoms with E-state index in [2.05, 4.69) is 5.32 Å². The van der Waals surface area contributed by atoms with Gasteiger partial charge in [-0.25, -0.2) is 0 Å². The molecule has 1 amide bonds. The number of nitrogens with one attached hydrogen (secondary N) is 1. The fraction of sp³-hybridized carbons (Fsp3) is 0.235. The van der Waals surface area contributed by atoms with Crippen LogP contribution in [0.15, 0.2) is 48.5 Å². The molecule has 2 aromatic carbocycles. The van der Waals surface area contributed by atoms with E-state index in [9.17, 15) is 4.79 Å². The van der Waals surface area contributed by atoms with Crippen molar-refractivity contribution in [2.45, 2.75) is 12.7 Å². The van der Waals surface area contributed by atoms with Gasteiger partial charge in [0.15, 0.2) is 0 Å². The van der Waals surface area contributed by atoms with Crippen LogP contribution >= 0.6 is 11.8 Å². The highest BCUT2D eigenvalue weighted by molar-refractivity contribution is 7.97. The second-order valence-corrected chi connectivity index (χ2v) is 5.38. The number of hydrogen-bond donors (Lipinski definition) is 1. The molecule has 0 atom stereocenters. The van der Waals surface area contributed by atoms with Gasteiger partial charge in [0.25, 0.3) is 5.91 Å².